The SMILES string of the molecule is c1cc2c(NC3CCCC3)ncnc2cn1. The normalized spacial score (nSPS) is 16.8. The van der Waals surface area contributed by atoms with E-state index in [9.17, 15) is 0 Å². The first-order valence-corrected chi connectivity index (χ1v) is 5.75. The Morgan fingerprint density at radius 3 is 2.94 bits per heavy atom. The van der Waals surface area contributed by atoms with Gasteiger partial charge in [-0.2, -0.15) is 0 Å². The van der Waals surface area contributed by atoms with Gasteiger partial charge in [-0.15, -0.1) is 0 Å². The van der Waals surface area contributed by atoms with Crippen molar-refractivity contribution in [3.63, 3.8) is 0 Å². The van der Waals surface area contributed by atoms with Crippen LogP contribution in [-0.2, 0) is 0 Å². The molecule has 82 valence electrons. The summed E-state index contributed by atoms with van der Waals surface area (Å²) in [5.74, 6) is 0.944. The summed E-state index contributed by atoms with van der Waals surface area (Å²) in [7, 11) is 0. The molecule has 1 N–H and O–H groups in total. The number of nitrogens with one attached hydrogen (secondary N) is 1. The highest BCUT2D eigenvalue weighted by Crippen LogP contribution is 2.24. The Bertz CT molecular complexity index is 486. The standard InChI is InChI=1S/C12H14N4/c1-2-4-9(3-1)16-12-10-5-6-13-7-11(10)14-8-15-12/h5-9H,1-4H2,(H,14,15,16). The van der Waals surface area contributed by atoms with Crippen LogP contribution in [0.15, 0.2) is 24.8 Å². The molecule has 1 aliphatic carbocycles. The van der Waals surface area contributed by atoms with Gasteiger partial charge in [0.2, 0.25) is 0 Å². The molecule has 0 unspecified atom stereocenters. The number of anilines is 1. The topological polar surface area (TPSA) is 50.7 Å². The molecule has 0 radical (unpaired) electrons. The summed E-state index contributed by atoms with van der Waals surface area (Å²) >= 11 is 0. The van der Waals surface area contributed by atoms with E-state index in [1.54, 1.807) is 18.7 Å². The van der Waals surface area contributed by atoms with Crippen LogP contribution in [0, 0.1) is 0 Å². The molecule has 0 spiro atoms. The van der Waals surface area contributed by atoms with Gasteiger partial charge in [0.25, 0.3) is 0 Å². The molecule has 0 aliphatic heterocycles. The third kappa shape index (κ3) is 1.71. The molecule has 0 saturated heterocycles. The second-order valence-electron chi connectivity index (χ2n) is 4.24. The van der Waals surface area contributed by atoms with Crippen molar-refractivity contribution in [2.45, 2.75) is 31.7 Å². The monoisotopic (exact) mass is 214 g/mol. The average molecular weight is 214 g/mol. The van der Waals surface area contributed by atoms with Crippen LogP contribution in [0.3, 0.4) is 0 Å². The molecule has 2 aromatic rings. The summed E-state index contributed by atoms with van der Waals surface area (Å²) in [5.41, 5.74) is 0.901. The first kappa shape index (κ1) is 9.51. The van der Waals surface area contributed by atoms with Gasteiger partial charge in [0.05, 0.1) is 11.7 Å². The van der Waals surface area contributed by atoms with Gasteiger partial charge in [0.1, 0.15) is 12.1 Å². The molecule has 0 amide bonds. The molecular formula is C12H14N4. The van der Waals surface area contributed by atoms with E-state index < -0.39 is 0 Å². The molecule has 0 aromatic carbocycles. The van der Waals surface area contributed by atoms with E-state index in [0.29, 0.717) is 6.04 Å². The van der Waals surface area contributed by atoms with Crippen molar-refractivity contribution in [2.24, 2.45) is 0 Å². The third-order valence-corrected chi connectivity index (χ3v) is 3.13. The zero-order valence-electron chi connectivity index (χ0n) is 9.06. The van der Waals surface area contributed by atoms with Crippen molar-refractivity contribution in [3.05, 3.63) is 24.8 Å². The number of hydrogen-bond donors (Lipinski definition) is 1. The zero-order chi connectivity index (χ0) is 10.8. The van der Waals surface area contributed by atoms with E-state index in [0.717, 1.165) is 16.7 Å². The largest absolute Gasteiger partial charge is 0.367 e. The van der Waals surface area contributed by atoms with Gasteiger partial charge in [-0.3, -0.25) is 4.98 Å². The Morgan fingerprint density at radius 2 is 2.06 bits per heavy atom. The van der Waals surface area contributed by atoms with Crippen LogP contribution in [0.25, 0.3) is 10.9 Å². The molecule has 1 saturated carbocycles. The van der Waals surface area contributed by atoms with Crippen LogP contribution < -0.4 is 5.32 Å². The lowest BCUT2D eigenvalue weighted by molar-refractivity contribution is 0.751. The Balaban J connectivity index is 1.96. The lowest BCUT2D eigenvalue weighted by atomic mass is 10.2. The van der Waals surface area contributed by atoms with Crippen molar-refractivity contribution < 1.29 is 0 Å². The van der Waals surface area contributed by atoms with Gasteiger partial charge in [0.15, 0.2) is 0 Å². The fraction of sp³-hybridized carbons (Fsp3) is 0.417. The quantitative estimate of drug-likeness (QED) is 0.833. The van der Waals surface area contributed by atoms with Crippen molar-refractivity contribution in [1.29, 1.82) is 0 Å². The van der Waals surface area contributed by atoms with E-state index >= 15 is 0 Å². The van der Waals surface area contributed by atoms with E-state index in [-0.39, 0.29) is 0 Å². The molecule has 1 fully saturated rings. The van der Waals surface area contributed by atoms with E-state index in [4.69, 9.17) is 0 Å². The summed E-state index contributed by atoms with van der Waals surface area (Å²) < 4.78 is 0. The molecule has 0 bridgehead atoms. The molecule has 2 aromatic heterocycles. The van der Waals surface area contributed by atoms with E-state index in [2.05, 4.69) is 20.3 Å². The molecule has 3 rings (SSSR count). The van der Waals surface area contributed by atoms with Crippen LogP contribution >= 0.6 is 0 Å². The van der Waals surface area contributed by atoms with Crippen molar-refractivity contribution in [2.75, 3.05) is 5.32 Å². The predicted octanol–water partition coefficient (Wildman–Crippen LogP) is 2.38. The predicted molar refractivity (Wildman–Crippen MR) is 63.2 cm³/mol. The van der Waals surface area contributed by atoms with Gasteiger partial charge in [-0.1, -0.05) is 12.8 Å². The maximum Gasteiger partial charge on any atom is 0.137 e. The Hall–Kier alpha value is -1.71. The number of rotatable bonds is 2. The van der Waals surface area contributed by atoms with Gasteiger partial charge >= 0.3 is 0 Å². The second-order valence-corrected chi connectivity index (χ2v) is 4.24. The minimum Gasteiger partial charge on any atom is -0.367 e. The van der Waals surface area contributed by atoms with Crippen LogP contribution in [0.2, 0.25) is 0 Å². The summed E-state index contributed by atoms with van der Waals surface area (Å²) in [4.78, 5) is 12.6. The first-order valence-electron chi connectivity index (χ1n) is 5.75. The minimum absolute atomic E-state index is 0.575. The lowest BCUT2D eigenvalue weighted by Crippen LogP contribution is -2.15. The highest BCUT2D eigenvalue weighted by atomic mass is 15.0. The maximum atomic E-state index is 4.32. The fourth-order valence-electron chi connectivity index (χ4n) is 2.29. The Labute approximate surface area is 94.1 Å². The molecule has 1 aliphatic rings. The first-order chi connectivity index (χ1) is 7.93. The number of hydrogen-bond acceptors (Lipinski definition) is 4. The number of pyridine rings is 1. The highest BCUT2D eigenvalue weighted by Gasteiger charge is 2.16. The smallest absolute Gasteiger partial charge is 0.137 e. The number of fused-ring (bicyclic) bond motifs is 1. The van der Waals surface area contributed by atoms with Crippen molar-refractivity contribution >= 4 is 16.7 Å². The van der Waals surface area contributed by atoms with E-state index in [1.165, 1.54) is 25.7 Å². The summed E-state index contributed by atoms with van der Waals surface area (Å²) in [6.07, 6.45) is 10.3. The molecule has 16 heavy (non-hydrogen) atoms. The van der Waals surface area contributed by atoms with Crippen LogP contribution in [0.1, 0.15) is 25.7 Å². The molecule has 4 heteroatoms. The Morgan fingerprint density at radius 1 is 1.19 bits per heavy atom. The summed E-state index contributed by atoms with van der Waals surface area (Å²) in [6, 6.07) is 2.54. The minimum atomic E-state index is 0.575. The molecule has 2 heterocycles. The van der Waals surface area contributed by atoms with E-state index in [1.807, 2.05) is 6.07 Å². The van der Waals surface area contributed by atoms with Gasteiger partial charge < -0.3 is 5.32 Å². The average Bonchev–Trinajstić information content (AvgIpc) is 2.82. The van der Waals surface area contributed by atoms with Crippen molar-refractivity contribution in [3.8, 4) is 0 Å². The van der Waals surface area contributed by atoms with Gasteiger partial charge in [-0.25, -0.2) is 9.97 Å². The second kappa shape index (κ2) is 4.04. The summed E-state index contributed by atoms with van der Waals surface area (Å²) in [6.45, 7) is 0. The third-order valence-electron chi connectivity index (χ3n) is 3.13. The fourth-order valence-corrected chi connectivity index (χ4v) is 2.29. The number of nitrogens with zero attached hydrogens (tertiary/aromatic N) is 3. The van der Waals surface area contributed by atoms with Crippen LogP contribution in [0.5, 0.6) is 0 Å². The number of aromatic nitrogens is 3. The molecular weight excluding hydrogens is 200 g/mol. The van der Waals surface area contributed by atoms with Crippen LogP contribution in [0.4, 0.5) is 5.82 Å². The van der Waals surface area contributed by atoms with Gasteiger partial charge in [0, 0.05) is 17.6 Å². The lowest BCUT2D eigenvalue weighted by Gasteiger charge is -2.13. The summed E-state index contributed by atoms with van der Waals surface area (Å²) in [5, 5.41) is 4.56. The van der Waals surface area contributed by atoms with Gasteiger partial charge in [-0.05, 0) is 18.9 Å². The molecule has 4 nitrogen and oxygen atoms in total. The zero-order valence-corrected chi connectivity index (χ0v) is 9.06. The Kier molecular flexibility index (Phi) is 2.40. The maximum absolute atomic E-state index is 4.32. The highest BCUT2D eigenvalue weighted by molar-refractivity contribution is 5.87. The van der Waals surface area contributed by atoms with Crippen molar-refractivity contribution in [1.82, 2.24) is 15.0 Å². The molecule has 0 atom stereocenters. The van der Waals surface area contributed by atoms with Crippen LogP contribution in [-0.4, -0.2) is 21.0 Å².